The summed E-state index contributed by atoms with van der Waals surface area (Å²) in [5.41, 5.74) is 6.52. The van der Waals surface area contributed by atoms with Gasteiger partial charge in [-0.15, -0.1) is 0 Å². The first-order valence-electron chi connectivity index (χ1n) is 10.9. The number of carboxylic acid groups (broad SMARTS) is 1. The minimum Gasteiger partial charge on any atom is -0.480 e. The highest BCUT2D eigenvalue weighted by molar-refractivity contribution is 5.81. The molecule has 164 valence electrons. The Morgan fingerprint density at radius 1 is 0.938 bits per heavy atom. The van der Waals surface area contributed by atoms with Gasteiger partial charge in [-0.05, 0) is 41.7 Å². The van der Waals surface area contributed by atoms with Gasteiger partial charge in [0, 0.05) is 18.9 Å². The fourth-order valence-corrected chi connectivity index (χ4v) is 4.43. The molecule has 0 saturated heterocycles. The normalized spacial score (nSPS) is 13.2. The van der Waals surface area contributed by atoms with Crippen molar-refractivity contribution in [1.29, 1.82) is 0 Å². The van der Waals surface area contributed by atoms with E-state index in [0.717, 1.165) is 33.4 Å². The van der Waals surface area contributed by atoms with Crippen LogP contribution in [0.4, 0.5) is 4.79 Å². The molecular weight excluding hydrogens is 402 g/mol. The number of fused-ring (bicyclic) bond motifs is 3. The maximum atomic E-state index is 13.0. The van der Waals surface area contributed by atoms with Crippen molar-refractivity contribution in [3.05, 3.63) is 95.1 Å². The Labute approximate surface area is 188 Å². The summed E-state index contributed by atoms with van der Waals surface area (Å²) in [7, 11) is 0. The van der Waals surface area contributed by atoms with Gasteiger partial charge >= 0.3 is 12.1 Å². The molecule has 0 unspecified atom stereocenters. The Hall–Kier alpha value is -3.60. The molecule has 4 rings (SSSR count). The number of carbonyl (C=O) groups is 2. The monoisotopic (exact) mass is 429 g/mol. The number of rotatable bonds is 7. The number of benzene rings is 3. The summed E-state index contributed by atoms with van der Waals surface area (Å²) in [4.78, 5) is 26.3. The summed E-state index contributed by atoms with van der Waals surface area (Å²) in [6.07, 6.45) is -0.373. The SMILES string of the molecule is CCN(C(=O)OCC1c2ccccc2-c2ccccc21)[C@@H](Cc1ccc(C)cc1)C(=O)O. The first-order chi connectivity index (χ1) is 15.5. The van der Waals surface area contributed by atoms with E-state index in [1.165, 1.54) is 4.90 Å². The lowest BCUT2D eigenvalue weighted by Crippen LogP contribution is -2.46. The maximum Gasteiger partial charge on any atom is 0.410 e. The summed E-state index contributed by atoms with van der Waals surface area (Å²) in [5.74, 6) is -1.11. The average molecular weight is 430 g/mol. The van der Waals surface area contributed by atoms with Crippen LogP contribution in [-0.2, 0) is 16.0 Å². The van der Waals surface area contributed by atoms with Gasteiger partial charge in [-0.3, -0.25) is 4.90 Å². The molecule has 1 aliphatic rings. The number of aryl methyl sites for hydroxylation is 1. The molecule has 0 spiro atoms. The second-order valence-electron chi connectivity index (χ2n) is 8.13. The van der Waals surface area contributed by atoms with Crippen molar-refractivity contribution in [2.75, 3.05) is 13.2 Å². The largest absolute Gasteiger partial charge is 0.480 e. The summed E-state index contributed by atoms with van der Waals surface area (Å²) >= 11 is 0. The molecule has 1 amide bonds. The lowest BCUT2D eigenvalue weighted by atomic mass is 9.98. The molecule has 1 atom stereocenters. The Morgan fingerprint density at radius 2 is 1.50 bits per heavy atom. The molecule has 0 aliphatic heterocycles. The highest BCUT2D eigenvalue weighted by Gasteiger charge is 2.33. The Bertz CT molecular complexity index is 1080. The van der Waals surface area contributed by atoms with Gasteiger partial charge in [-0.25, -0.2) is 9.59 Å². The zero-order valence-corrected chi connectivity index (χ0v) is 18.3. The molecule has 32 heavy (non-hydrogen) atoms. The molecule has 0 radical (unpaired) electrons. The maximum absolute atomic E-state index is 13.0. The number of amides is 1. The van der Waals surface area contributed by atoms with Crippen LogP contribution in [0.5, 0.6) is 0 Å². The predicted molar refractivity (Wildman–Crippen MR) is 124 cm³/mol. The Kier molecular flexibility index (Phi) is 6.26. The molecule has 3 aromatic rings. The van der Waals surface area contributed by atoms with Crippen molar-refractivity contribution < 1.29 is 19.4 Å². The fourth-order valence-electron chi connectivity index (χ4n) is 4.43. The molecule has 0 heterocycles. The van der Waals surface area contributed by atoms with Crippen LogP contribution in [0.1, 0.15) is 35.1 Å². The molecule has 0 saturated carbocycles. The van der Waals surface area contributed by atoms with Crippen LogP contribution < -0.4 is 0 Å². The molecule has 1 N–H and O–H groups in total. The van der Waals surface area contributed by atoms with Crippen molar-refractivity contribution in [1.82, 2.24) is 4.90 Å². The Balaban J connectivity index is 1.50. The number of carboxylic acids is 1. The molecule has 0 fully saturated rings. The molecule has 5 nitrogen and oxygen atoms in total. The van der Waals surface area contributed by atoms with Crippen LogP contribution in [0.2, 0.25) is 0 Å². The van der Waals surface area contributed by atoms with E-state index in [2.05, 4.69) is 24.3 Å². The van der Waals surface area contributed by atoms with Crippen LogP contribution in [0.3, 0.4) is 0 Å². The zero-order valence-electron chi connectivity index (χ0n) is 18.3. The first-order valence-corrected chi connectivity index (χ1v) is 10.9. The Morgan fingerprint density at radius 3 is 2.03 bits per heavy atom. The summed E-state index contributed by atoms with van der Waals surface area (Å²) in [6, 6.07) is 23.0. The average Bonchev–Trinajstić information content (AvgIpc) is 3.12. The first kappa shape index (κ1) is 21.6. The van der Waals surface area contributed by atoms with Gasteiger partial charge in [0.2, 0.25) is 0 Å². The van der Waals surface area contributed by atoms with Crippen LogP contribution in [0.15, 0.2) is 72.8 Å². The van der Waals surface area contributed by atoms with Gasteiger partial charge in [-0.2, -0.15) is 0 Å². The second kappa shape index (κ2) is 9.27. The lowest BCUT2D eigenvalue weighted by molar-refractivity contribution is -0.142. The van der Waals surface area contributed by atoms with Crippen LogP contribution in [-0.4, -0.2) is 41.3 Å². The van der Waals surface area contributed by atoms with Crippen molar-refractivity contribution in [2.24, 2.45) is 0 Å². The zero-order chi connectivity index (χ0) is 22.7. The number of likely N-dealkylation sites (N-methyl/N-ethyl adjacent to an activating group) is 1. The summed E-state index contributed by atoms with van der Waals surface area (Å²) in [6.45, 7) is 4.17. The van der Waals surface area contributed by atoms with Gasteiger partial charge in [0.25, 0.3) is 0 Å². The number of ether oxygens (including phenoxy) is 1. The number of carbonyl (C=O) groups excluding carboxylic acids is 1. The van der Waals surface area contributed by atoms with E-state index < -0.39 is 18.1 Å². The van der Waals surface area contributed by atoms with E-state index in [9.17, 15) is 14.7 Å². The van der Waals surface area contributed by atoms with E-state index >= 15 is 0 Å². The van der Waals surface area contributed by atoms with Gasteiger partial charge in [0.15, 0.2) is 0 Å². The van der Waals surface area contributed by atoms with Crippen LogP contribution >= 0.6 is 0 Å². The third kappa shape index (κ3) is 4.24. The van der Waals surface area contributed by atoms with E-state index in [4.69, 9.17) is 4.74 Å². The standard InChI is InChI=1S/C27H27NO4/c1-3-28(25(26(29)30)16-19-14-12-18(2)13-15-19)27(31)32-17-24-22-10-6-4-8-20(22)21-9-5-7-11-23(21)24/h4-15,24-25H,3,16-17H2,1-2H3,(H,29,30)/t25-/m0/s1. The molecule has 0 bridgehead atoms. The highest BCUT2D eigenvalue weighted by atomic mass is 16.6. The van der Waals surface area contributed by atoms with Crippen molar-refractivity contribution >= 4 is 12.1 Å². The number of nitrogens with zero attached hydrogens (tertiary/aromatic N) is 1. The summed E-state index contributed by atoms with van der Waals surface area (Å²) < 4.78 is 5.70. The van der Waals surface area contributed by atoms with Crippen molar-refractivity contribution in [3.8, 4) is 11.1 Å². The van der Waals surface area contributed by atoms with E-state index in [-0.39, 0.29) is 25.5 Å². The molecule has 0 aromatic heterocycles. The highest BCUT2D eigenvalue weighted by Crippen LogP contribution is 2.44. The predicted octanol–water partition coefficient (Wildman–Crippen LogP) is 5.26. The molecular formula is C27H27NO4. The third-order valence-corrected chi connectivity index (χ3v) is 6.12. The van der Waals surface area contributed by atoms with Crippen molar-refractivity contribution in [2.45, 2.75) is 32.2 Å². The molecule has 5 heteroatoms. The number of aliphatic carboxylic acids is 1. The smallest absolute Gasteiger partial charge is 0.410 e. The quantitative estimate of drug-likeness (QED) is 0.556. The van der Waals surface area contributed by atoms with E-state index in [0.29, 0.717) is 0 Å². The minimum absolute atomic E-state index is 0.0644. The second-order valence-corrected chi connectivity index (χ2v) is 8.13. The van der Waals surface area contributed by atoms with Gasteiger partial charge in [-0.1, -0.05) is 78.4 Å². The van der Waals surface area contributed by atoms with Crippen LogP contribution in [0, 0.1) is 6.92 Å². The van der Waals surface area contributed by atoms with Gasteiger partial charge in [0.1, 0.15) is 12.6 Å². The number of hydrogen-bond acceptors (Lipinski definition) is 3. The van der Waals surface area contributed by atoms with E-state index in [1.807, 2.05) is 55.5 Å². The van der Waals surface area contributed by atoms with Crippen LogP contribution in [0.25, 0.3) is 11.1 Å². The topological polar surface area (TPSA) is 66.8 Å². The fraction of sp³-hybridized carbons (Fsp3) is 0.259. The third-order valence-electron chi connectivity index (χ3n) is 6.12. The summed E-state index contributed by atoms with van der Waals surface area (Å²) in [5, 5.41) is 9.83. The van der Waals surface area contributed by atoms with Gasteiger partial charge < -0.3 is 9.84 Å². The number of hydrogen-bond donors (Lipinski definition) is 1. The lowest BCUT2D eigenvalue weighted by Gasteiger charge is -2.28. The van der Waals surface area contributed by atoms with E-state index in [1.54, 1.807) is 6.92 Å². The molecule has 3 aromatic carbocycles. The van der Waals surface area contributed by atoms with Crippen molar-refractivity contribution in [3.63, 3.8) is 0 Å². The van der Waals surface area contributed by atoms with Gasteiger partial charge in [0.05, 0.1) is 0 Å². The minimum atomic E-state index is -1.04. The molecule has 1 aliphatic carbocycles.